The van der Waals surface area contributed by atoms with Crippen molar-refractivity contribution in [3.8, 4) is 0 Å². The molecule has 3 rings (SSSR count). The van der Waals surface area contributed by atoms with Crippen LogP contribution in [0.4, 0.5) is 21.5 Å². The molecular weight excluding hydrogens is 481 g/mol. The van der Waals surface area contributed by atoms with Gasteiger partial charge in [-0.2, -0.15) is 0 Å². The zero-order chi connectivity index (χ0) is 21.9. The average Bonchev–Trinajstić information content (AvgIpc) is 2.70. The number of anilines is 2. The van der Waals surface area contributed by atoms with Crippen molar-refractivity contribution in [1.82, 2.24) is 0 Å². The van der Waals surface area contributed by atoms with Crippen LogP contribution in [0.5, 0.6) is 0 Å². The lowest BCUT2D eigenvalue weighted by Gasteiger charge is -2.12. The Kier molecular flexibility index (Phi) is 6.13. The van der Waals surface area contributed by atoms with E-state index in [1.54, 1.807) is 0 Å². The van der Waals surface area contributed by atoms with Gasteiger partial charge in [-0.15, -0.1) is 0 Å². The molecule has 0 bridgehead atoms. The van der Waals surface area contributed by atoms with Gasteiger partial charge in [-0.25, -0.2) is 12.8 Å². The molecule has 0 radical (unpaired) electrons. The zero-order valence-electron chi connectivity index (χ0n) is 15.0. The summed E-state index contributed by atoms with van der Waals surface area (Å²) >= 11 is 3.15. The summed E-state index contributed by atoms with van der Waals surface area (Å²) in [7, 11) is -4.09. The van der Waals surface area contributed by atoms with Crippen LogP contribution in [0.2, 0.25) is 0 Å². The summed E-state index contributed by atoms with van der Waals surface area (Å²) in [5.74, 6) is -1.17. The van der Waals surface area contributed by atoms with Crippen molar-refractivity contribution in [1.29, 1.82) is 0 Å². The lowest BCUT2D eigenvalue weighted by atomic mass is 10.2. The molecule has 0 heterocycles. The first-order valence-electron chi connectivity index (χ1n) is 8.29. The Morgan fingerprint density at radius 3 is 2.37 bits per heavy atom. The van der Waals surface area contributed by atoms with Gasteiger partial charge in [0.25, 0.3) is 21.6 Å². The molecule has 154 valence electrons. The first-order valence-corrected chi connectivity index (χ1v) is 10.6. The second-order valence-corrected chi connectivity index (χ2v) is 8.52. The molecule has 0 saturated heterocycles. The van der Waals surface area contributed by atoms with Crippen molar-refractivity contribution in [2.45, 2.75) is 4.90 Å². The van der Waals surface area contributed by atoms with Crippen molar-refractivity contribution in [3.63, 3.8) is 0 Å². The molecule has 0 saturated carbocycles. The Hall–Kier alpha value is -3.31. The number of rotatable bonds is 6. The highest BCUT2D eigenvalue weighted by molar-refractivity contribution is 9.10. The Bertz CT molecular complexity index is 1230. The molecule has 30 heavy (non-hydrogen) atoms. The highest BCUT2D eigenvalue weighted by Gasteiger charge is 2.20. The number of nitrogens with zero attached hydrogens (tertiary/aromatic N) is 1. The van der Waals surface area contributed by atoms with E-state index in [1.165, 1.54) is 48.5 Å². The molecule has 8 nitrogen and oxygen atoms in total. The fourth-order valence-electron chi connectivity index (χ4n) is 2.48. The van der Waals surface area contributed by atoms with Gasteiger partial charge >= 0.3 is 0 Å². The first kappa shape index (κ1) is 21.4. The largest absolute Gasteiger partial charge is 0.322 e. The number of nitro benzene ring substituents is 1. The van der Waals surface area contributed by atoms with Crippen LogP contribution < -0.4 is 10.0 Å². The fourth-order valence-corrected chi connectivity index (χ4v) is 4.53. The lowest BCUT2D eigenvalue weighted by molar-refractivity contribution is -0.384. The van der Waals surface area contributed by atoms with Gasteiger partial charge in [-0.3, -0.25) is 19.6 Å². The van der Waals surface area contributed by atoms with Gasteiger partial charge in [0.1, 0.15) is 10.7 Å². The van der Waals surface area contributed by atoms with E-state index in [2.05, 4.69) is 26.0 Å². The number of carbonyl (C=O) groups excluding carboxylic acids is 1. The van der Waals surface area contributed by atoms with Crippen LogP contribution in [0.1, 0.15) is 10.4 Å². The second-order valence-electron chi connectivity index (χ2n) is 6.02. The molecule has 0 aliphatic heterocycles. The van der Waals surface area contributed by atoms with Crippen LogP contribution in [-0.4, -0.2) is 19.2 Å². The minimum atomic E-state index is -4.09. The zero-order valence-corrected chi connectivity index (χ0v) is 17.4. The van der Waals surface area contributed by atoms with Gasteiger partial charge in [-0.05, 0) is 64.5 Å². The molecule has 3 aromatic rings. The van der Waals surface area contributed by atoms with E-state index < -0.39 is 26.7 Å². The van der Waals surface area contributed by atoms with Crippen molar-refractivity contribution >= 4 is 48.9 Å². The highest BCUT2D eigenvalue weighted by Crippen LogP contribution is 2.26. The number of carbonyl (C=O) groups is 1. The lowest BCUT2D eigenvalue weighted by Crippen LogP contribution is -2.16. The van der Waals surface area contributed by atoms with E-state index in [9.17, 15) is 27.7 Å². The summed E-state index contributed by atoms with van der Waals surface area (Å²) in [6.07, 6.45) is 0. The third kappa shape index (κ3) is 4.99. The molecule has 11 heteroatoms. The third-order valence-corrected chi connectivity index (χ3v) is 6.27. The van der Waals surface area contributed by atoms with E-state index in [4.69, 9.17) is 0 Å². The number of hydrogen-bond acceptors (Lipinski definition) is 5. The molecule has 0 spiro atoms. The fraction of sp³-hybridized carbons (Fsp3) is 0. The molecule has 0 aliphatic rings. The van der Waals surface area contributed by atoms with Gasteiger partial charge in [0.15, 0.2) is 0 Å². The summed E-state index contributed by atoms with van der Waals surface area (Å²) in [6.45, 7) is 0. The predicted octanol–water partition coefficient (Wildman–Crippen LogP) is 4.55. The predicted molar refractivity (Wildman–Crippen MR) is 112 cm³/mol. The number of benzene rings is 3. The Morgan fingerprint density at radius 1 is 1.00 bits per heavy atom. The molecule has 2 N–H and O–H groups in total. The molecule has 0 atom stereocenters. The molecule has 0 aliphatic carbocycles. The topological polar surface area (TPSA) is 118 Å². The van der Waals surface area contributed by atoms with E-state index in [0.29, 0.717) is 0 Å². The molecular formula is C19H13BrFN3O5S. The number of sulfonamides is 1. The number of halogens is 2. The van der Waals surface area contributed by atoms with Crippen LogP contribution in [0.3, 0.4) is 0 Å². The standard InChI is InChI=1S/C19H13BrFN3O5S/c20-17-9-4-12(19(25)22-15-2-1-3-16(11-15)24(26)27)10-18(17)30(28,29)23-14-7-5-13(21)6-8-14/h1-11,23H,(H,22,25). The molecule has 3 aromatic carbocycles. The second kappa shape index (κ2) is 8.59. The molecule has 0 aromatic heterocycles. The van der Waals surface area contributed by atoms with Crippen molar-refractivity contribution in [3.05, 3.63) is 92.7 Å². The molecule has 0 fully saturated rings. The minimum Gasteiger partial charge on any atom is -0.322 e. The number of non-ortho nitro benzene ring substituents is 1. The van der Waals surface area contributed by atoms with Crippen LogP contribution >= 0.6 is 15.9 Å². The number of hydrogen-bond donors (Lipinski definition) is 2. The monoisotopic (exact) mass is 493 g/mol. The van der Waals surface area contributed by atoms with Gasteiger partial charge < -0.3 is 5.32 Å². The Balaban J connectivity index is 1.87. The van der Waals surface area contributed by atoms with Gasteiger partial charge in [0.2, 0.25) is 0 Å². The van der Waals surface area contributed by atoms with Crippen LogP contribution in [-0.2, 0) is 10.0 Å². The van der Waals surface area contributed by atoms with E-state index in [0.717, 1.165) is 18.2 Å². The number of nitro groups is 1. The van der Waals surface area contributed by atoms with E-state index in [-0.39, 0.29) is 32.0 Å². The summed E-state index contributed by atoms with van der Waals surface area (Å²) in [6, 6.07) is 14.0. The first-order chi connectivity index (χ1) is 14.2. The third-order valence-electron chi connectivity index (χ3n) is 3.89. The van der Waals surface area contributed by atoms with Crippen molar-refractivity contribution < 1.29 is 22.5 Å². The molecule has 1 amide bonds. The van der Waals surface area contributed by atoms with E-state index in [1.807, 2.05) is 0 Å². The SMILES string of the molecule is O=C(Nc1cccc([N+](=O)[O-])c1)c1ccc(Br)c(S(=O)(=O)Nc2ccc(F)cc2)c1. The maximum absolute atomic E-state index is 13.0. The molecule has 0 unspecified atom stereocenters. The summed E-state index contributed by atoms with van der Waals surface area (Å²) in [4.78, 5) is 22.6. The summed E-state index contributed by atoms with van der Waals surface area (Å²) in [5.41, 5.74) is 0.153. The highest BCUT2D eigenvalue weighted by atomic mass is 79.9. The summed E-state index contributed by atoms with van der Waals surface area (Å²) in [5, 5.41) is 13.4. The van der Waals surface area contributed by atoms with Crippen LogP contribution in [0, 0.1) is 15.9 Å². The minimum absolute atomic E-state index is 0.0178. The average molecular weight is 494 g/mol. The van der Waals surface area contributed by atoms with Crippen LogP contribution in [0.25, 0.3) is 0 Å². The van der Waals surface area contributed by atoms with Crippen LogP contribution in [0.15, 0.2) is 76.1 Å². The van der Waals surface area contributed by atoms with Crippen molar-refractivity contribution in [2.24, 2.45) is 0 Å². The van der Waals surface area contributed by atoms with Gasteiger partial charge in [0.05, 0.1) is 4.92 Å². The van der Waals surface area contributed by atoms with Crippen molar-refractivity contribution in [2.75, 3.05) is 10.0 Å². The van der Waals surface area contributed by atoms with E-state index >= 15 is 0 Å². The maximum Gasteiger partial charge on any atom is 0.271 e. The number of amides is 1. The Labute approximate surface area is 179 Å². The maximum atomic E-state index is 13.0. The normalized spacial score (nSPS) is 11.0. The van der Waals surface area contributed by atoms with Gasteiger partial charge in [-0.1, -0.05) is 6.07 Å². The smallest absolute Gasteiger partial charge is 0.271 e. The quantitative estimate of drug-likeness (QED) is 0.385. The van der Waals surface area contributed by atoms with Gasteiger partial charge in [0, 0.05) is 33.5 Å². The summed E-state index contributed by atoms with van der Waals surface area (Å²) < 4.78 is 41.0. The number of nitrogens with one attached hydrogen (secondary N) is 2. The Morgan fingerprint density at radius 2 is 1.70 bits per heavy atom.